The highest BCUT2D eigenvalue weighted by Gasteiger charge is 2.11. The van der Waals surface area contributed by atoms with E-state index in [9.17, 15) is 0 Å². The lowest BCUT2D eigenvalue weighted by atomic mass is 10.1. The Balaban J connectivity index is 2.18. The molecule has 0 aliphatic rings. The fourth-order valence-electron chi connectivity index (χ4n) is 1.68. The molecule has 0 aromatic carbocycles. The van der Waals surface area contributed by atoms with E-state index in [1.807, 2.05) is 19.2 Å². The number of hydrogen-bond donors (Lipinski definition) is 3. The van der Waals surface area contributed by atoms with E-state index in [0.717, 1.165) is 11.1 Å². The van der Waals surface area contributed by atoms with Crippen molar-refractivity contribution in [2.75, 3.05) is 17.9 Å². The lowest BCUT2D eigenvalue weighted by Crippen LogP contribution is -2.12. The van der Waals surface area contributed by atoms with Gasteiger partial charge in [-0.1, -0.05) is 0 Å². The van der Waals surface area contributed by atoms with Gasteiger partial charge < -0.3 is 15.5 Å². The minimum absolute atomic E-state index is 0.437. The topological polar surface area (TPSA) is 98.0 Å². The van der Waals surface area contributed by atoms with Crippen molar-refractivity contribution in [2.45, 2.75) is 13.5 Å². The van der Waals surface area contributed by atoms with E-state index in [0.29, 0.717) is 23.9 Å². The predicted molar refractivity (Wildman–Crippen MR) is 72.7 cm³/mol. The van der Waals surface area contributed by atoms with Crippen LogP contribution in [0.4, 0.5) is 11.6 Å². The standard InChI is InChI=1S/C12H16N6O/c1-8-5-14-4-3-9(8)6-15-11-10(19-2)12(18-13)17-7-16-11/h3-5,7H,6,13H2,1-2H3,(H2,15,16,17,18). The van der Waals surface area contributed by atoms with E-state index in [1.54, 1.807) is 13.3 Å². The molecule has 2 aromatic heterocycles. The molecule has 0 aliphatic carbocycles. The van der Waals surface area contributed by atoms with E-state index in [4.69, 9.17) is 10.6 Å². The first-order valence-corrected chi connectivity index (χ1v) is 5.75. The molecule has 2 heterocycles. The maximum atomic E-state index is 5.37. The number of hydrazine groups is 1. The number of pyridine rings is 1. The fourth-order valence-corrected chi connectivity index (χ4v) is 1.68. The number of ether oxygens (including phenoxy) is 1. The Morgan fingerprint density at radius 3 is 2.79 bits per heavy atom. The molecule has 0 saturated carbocycles. The molecule has 0 bridgehead atoms. The number of aromatic nitrogens is 3. The van der Waals surface area contributed by atoms with Crippen molar-refractivity contribution in [2.24, 2.45) is 5.84 Å². The molecule has 19 heavy (non-hydrogen) atoms. The van der Waals surface area contributed by atoms with Gasteiger partial charge in [-0.2, -0.15) is 0 Å². The summed E-state index contributed by atoms with van der Waals surface area (Å²) in [5.41, 5.74) is 4.72. The summed E-state index contributed by atoms with van der Waals surface area (Å²) >= 11 is 0. The van der Waals surface area contributed by atoms with Crippen LogP contribution in [0.25, 0.3) is 0 Å². The summed E-state index contributed by atoms with van der Waals surface area (Å²) in [6.45, 7) is 2.62. The Morgan fingerprint density at radius 2 is 2.11 bits per heavy atom. The molecule has 7 nitrogen and oxygen atoms in total. The number of rotatable bonds is 5. The van der Waals surface area contributed by atoms with Crippen LogP contribution >= 0.6 is 0 Å². The molecular weight excluding hydrogens is 244 g/mol. The molecule has 0 atom stereocenters. The predicted octanol–water partition coefficient (Wildman–Crippen LogP) is 1.09. The Hall–Kier alpha value is -2.41. The van der Waals surface area contributed by atoms with E-state index in [2.05, 4.69) is 25.7 Å². The summed E-state index contributed by atoms with van der Waals surface area (Å²) in [4.78, 5) is 12.2. The second-order valence-corrected chi connectivity index (χ2v) is 3.90. The highest BCUT2D eigenvalue weighted by atomic mass is 16.5. The van der Waals surface area contributed by atoms with Gasteiger partial charge in [-0.05, 0) is 24.1 Å². The Morgan fingerprint density at radius 1 is 1.32 bits per heavy atom. The van der Waals surface area contributed by atoms with Crippen LogP contribution in [-0.4, -0.2) is 22.1 Å². The van der Waals surface area contributed by atoms with Crippen LogP contribution in [0.3, 0.4) is 0 Å². The summed E-state index contributed by atoms with van der Waals surface area (Å²) in [5, 5.41) is 3.20. The smallest absolute Gasteiger partial charge is 0.205 e. The van der Waals surface area contributed by atoms with Crippen LogP contribution in [0.5, 0.6) is 5.75 Å². The van der Waals surface area contributed by atoms with Crippen LogP contribution in [-0.2, 0) is 6.54 Å². The van der Waals surface area contributed by atoms with Crippen LogP contribution in [0.15, 0.2) is 24.8 Å². The molecule has 2 aromatic rings. The largest absolute Gasteiger partial charge is 0.490 e. The molecule has 0 saturated heterocycles. The van der Waals surface area contributed by atoms with Gasteiger partial charge in [0.2, 0.25) is 5.75 Å². The molecular formula is C12H16N6O. The van der Waals surface area contributed by atoms with Crippen LogP contribution in [0.1, 0.15) is 11.1 Å². The van der Waals surface area contributed by atoms with Gasteiger partial charge in [-0.3, -0.25) is 4.98 Å². The van der Waals surface area contributed by atoms with Crippen molar-refractivity contribution in [1.82, 2.24) is 15.0 Å². The van der Waals surface area contributed by atoms with E-state index < -0.39 is 0 Å². The first-order chi connectivity index (χ1) is 9.26. The molecule has 4 N–H and O–H groups in total. The quantitative estimate of drug-likeness (QED) is 0.546. The third kappa shape index (κ3) is 2.89. The van der Waals surface area contributed by atoms with Crippen LogP contribution < -0.4 is 21.3 Å². The second-order valence-electron chi connectivity index (χ2n) is 3.90. The summed E-state index contributed by atoms with van der Waals surface area (Å²) in [5.74, 6) is 6.87. The zero-order valence-corrected chi connectivity index (χ0v) is 10.8. The third-order valence-corrected chi connectivity index (χ3v) is 2.73. The van der Waals surface area contributed by atoms with E-state index in [-0.39, 0.29) is 0 Å². The van der Waals surface area contributed by atoms with Crippen LogP contribution in [0, 0.1) is 6.92 Å². The zero-order chi connectivity index (χ0) is 13.7. The van der Waals surface area contributed by atoms with Crippen molar-refractivity contribution in [1.29, 1.82) is 0 Å². The maximum Gasteiger partial charge on any atom is 0.205 e. The average molecular weight is 260 g/mol. The first kappa shape index (κ1) is 13.0. The number of anilines is 2. The molecule has 100 valence electrons. The van der Waals surface area contributed by atoms with Gasteiger partial charge in [-0.15, -0.1) is 0 Å². The lowest BCUT2D eigenvalue weighted by molar-refractivity contribution is 0.414. The molecule has 0 radical (unpaired) electrons. The number of nitrogens with two attached hydrogens (primary N) is 1. The maximum absolute atomic E-state index is 5.37. The minimum Gasteiger partial charge on any atom is -0.490 e. The van der Waals surface area contributed by atoms with Gasteiger partial charge in [0.1, 0.15) is 6.33 Å². The zero-order valence-electron chi connectivity index (χ0n) is 10.8. The Bertz CT molecular complexity index is 560. The Kier molecular flexibility index (Phi) is 4.09. The number of nitrogen functional groups attached to an aromatic ring is 1. The van der Waals surface area contributed by atoms with E-state index in [1.165, 1.54) is 6.33 Å². The highest BCUT2D eigenvalue weighted by molar-refractivity contribution is 5.63. The number of nitrogens with zero attached hydrogens (tertiary/aromatic N) is 3. The number of aryl methyl sites for hydroxylation is 1. The Labute approximate surface area is 111 Å². The number of methoxy groups -OCH3 is 1. The average Bonchev–Trinajstić information content (AvgIpc) is 2.45. The summed E-state index contributed by atoms with van der Waals surface area (Å²) in [6, 6.07) is 1.96. The van der Waals surface area contributed by atoms with Gasteiger partial charge in [0, 0.05) is 18.9 Å². The molecule has 2 rings (SSSR count). The molecule has 0 spiro atoms. The summed E-state index contributed by atoms with van der Waals surface area (Å²) < 4.78 is 5.24. The molecule has 7 heteroatoms. The molecule has 0 unspecified atom stereocenters. The summed E-state index contributed by atoms with van der Waals surface area (Å²) in [7, 11) is 1.54. The van der Waals surface area contributed by atoms with Gasteiger partial charge in [0.05, 0.1) is 7.11 Å². The normalized spacial score (nSPS) is 10.1. The third-order valence-electron chi connectivity index (χ3n) is 2.73. The van der Waals surface area contributed by atoms with Gasteiger partial charge in [0.15, 0.2) is 11.6 Å². The second kappa shape index (κ2) is 5.96. The van der Waals surface area contributed by atoms with Crippen molar-refractivity contribution >= 4 is 11.6 Å². The minimum atomic E-state index is 0.437. The van der Waals surface area contributed by atoms with Crippen molar-refractivity contribution < 1.29 is 4.74 Å². The number of hydrogen-bond acceptors (Lipinski definition) is 7. The first-order valence-electron chi connectivity index (χ1n) is 5.75. The van der Waals surface area contributed by atoms with E-state index >= 15 is 0 Å². The summed E-state index contributed by atoms with van der Waals surface area (Å²) in [6.07, 6.45) is 4.99. The van der Waals surface area contributed by atoms with Gasteiger partial charge in [0.25, 0.3) is 0 Å². The highest BCUT2D eigenvalue weighted by Crippen LogP contribution is 2.28. The van der Waals surface area contributed by atoms with Gasteiger partial charge >= 0.3 is 0 Å². The van der Waals surface area contributed by atoms with Crippen molar-refractivity contribution in [3.8, 4) is 5.75 Å². The monoisotopic (exact) mass is 260 g/mol. The lowest BCUT2D eigenvalue weighted by Gasteiger charge is -2.13. The molecule has 0 fully saturated rings. The molecule has 0 amide bonds. The number of nitrogens with one attached hydrogen (secondary N) is 2. The molecule has 0 aliphatic heterocycles. The van der Waals surface area contributed by atoms with Crippen molar-refractivity contribution in [3.05, 3.63) is 35.9 Å². The fraction of sp³-hybridized carbons (Fsp3) is 0.250. The van der Waals surface area contributed by atoms with Crippen molar-refractivity contribution in [3.63, 3.8) is 0 Å². The van der Waals surface area contributed by atoms with Gasteiger partial charge in [-0.25, -0.2) is 15.8 Å². The van der Waals surface area contributed by atoms with Crippen LogP contribution in [0.2, 0.25) is 0 Å². The SMILES string of the molecule is COc1c(NN)ncnc1NCc1ccncc1C.